The van der Waals surface area contributed by atoms with Crippen LogP contribution in [0.5, 0.6) is 0 Å². The van der Waals surface area contributed by atoms with Crippen molar-refractivity contribution in [1.29, 1.82) is 0 Å². The first-order valence-electron chi connectivity index (χ1n) is 4.47. The zero-order valence-electron chi connectivity index (χ0n) is 8.59. The van der Waals surface area contributed by atoms with E-state index in [1.165, 1.54) is 6.92 Å². The molecule has 0 spiro atoms. The largest absolute Gasteiger partial charge is 0.298 e. The fourth-order valence-electron chi connectivity index (χ4n) is 1.28. The second kappa shape index (κ2) is 5.78. The number of alkyl halides is 2. The molecular weight excluding hydrogens is 251 g/mol. The van der Waals surface area contributed by atoms with Gasteiger partial charge < -0.3 is 0 Å². The minimum absolute atomic E-state index is 0.0544. The highest BCUT2D eigenvalue weighted by Crippen LogP contribution is 2.29. The Morgan fingerprint density at radius 3 is 2.67 bits per heavy atom. The molecule has 0 aliphatic carbocycles. The number of carbonyl (C=O) groups is 1. The van der Waals surface area contributed by atoms with E-state index in [9.17, 15) is 4.79 Å². The maximum absolute atomic E-state index is 11.2. The van der Waals surface area contributed by atoms with Crippen LogP contribution in [0.4, 0.5) is 0 Å². The van der Waals surface area contributed by atoms with Crippen LogP contribution in [0.1, 0.15) is 23.4 Å². The summed E-state index contributed by atoms with van der Waals surface area (Å²) in [7, 11) is 0. The summed E-state index contributed by atoms with van der Waals surface area (Å²) < 4.78 is 0. The van der Waals surface area contributed by atoms with E-state index in [0.29, 0.717) is 5.88 Å². The molecule has 4 heteroatoms. The van der Waals surface area contributed by atoms with Gasteiger partial charge in [-0.2, -0.15) is 0 Å². The Labute approximate surface area is 104 Å². The topological polar surface area (TPSA) is 17.1 Å². The molecule has 0 saturated heterocycles. The average Bonchev–Trinajstić information content (AvgIpc) is 2.27. The van der Waals surface area contributed by atoms with Crippen molar-refractivity contribution < 1.29 is 4.79 Å². The molecule has 0 bridgehead atoms. The van der Waals surface area contributed by atoms with Crippen LogP contribution >= 0.6 is 35.0 Å². The Bertz CT molecular complexity index is 366. The van der Waals surface area contributed by atoms with Crippen LogP contribution in [-0.2, 0) is 10.7 Å². The van der Waals surface area contributed by atoms with Crippen molar-refractivity contribution in [2.45, 2.75) is 23.1 Å². The van der Waals surface area contributed by atoms with Crippen molar-refractivity contribution in [2.75, 3.05) is 6.26 Å². The molecule has 0 radical (unpaired) electrons. The van der Waals surface area contributed by atoms with E-state index in [-0.39, 0.29) is 5.78 Å². The molecule has 1 unspecified atom stereocenters. The molecule has 0 aliphatic heterocycles. The Morgan fingerprint density at radius 2 is 2.20 bits per heavy atom. The van der Waals surface area contributed by atoms with Gasteiger partial charge in [-0.25, -0.2) is 0 Å². The summed E-state index contributed by atoms with van der Waals surface area (Å²) in [4.78, 5) is 12.3. The van der Waals surface area contributed by atoms with Gasteiger partial charge in [0.15, 0.2) is 5.78 Å². The monoisotopic (exact) mass is 262 g/mol. The molecule has 1 aromatic rings. The van der Waals surface area contributed by atoms with Crippen LogP contribution in [0.25, 0.3) is 0 Å². The summed E-state index contributed by atoms with van der Waals surface area (Å²) in [6.07, 6.45) is 1.98. The molecular formula is C11H12Cl2OS. The van der Waals surface area contributed by atoms with Gasteiger partial charge in [0.2, 0.25) is 0 Å². The molecule has 0 saturated carbocycles. The maximum Gasteiger partial charge on any atom is 0.152 e. The van der Waals surface area contributed by atoms with Crippen LogP contribution in [0.2, 0.25) is 0 Å². The van der Waals surface area contributed by atoms with Gasteiger partial charge in [-0.15, -0.1) is 35.0 Å². The standard InChI is InChI=1S/C11H12Cl2OS/c1-7(14)11(13)10-5-9(15-2)4-3-8(10)6-12/h3-5,11H,6H2,1-2H3. The van der Waals surface area contributed by atoms with E-state index < -0.39 is 5.38 Å². The van der Waals surface area contributed by atoms with Gasteiger partial charge in [0.1, 0.15) is 5.38 Å². The zero-order chi connectivity index (χ0) is 11.4. The predicted octanol–water partition coefficient (Wildman–Crippen LogP) is 4.02. The summed E-state index contributed by atoms with van der Waals surface area (Å²) in [5.41, 5.74) is 1.75. The molecule has 0 heterocycles. The summed E-state index contributed by atoms with van der Waals surface area (Å²) in [5.74, 6) is 0.321. The highest BCUT2D eigenvalue weighted by molar-refractivity contribution is 7.98. The van der Waals surface area contributed by atoms with Crippen LogP contribution in [0.15, 0.2) is 23.1 Å². The molecule has 0 aliphatic rings. The maximum atomic E-state index is 11.2. The van der Waals surface area contributed by atoms with Gasteiger partial charge >= 0.3 is 0 Å². The van der Waals surface area contributed by atoms with Gasteiger partial charge in [0.25, 0.3) is 0 Å². The normalized spacial score (nSPS) is 12.5. The van der Waals surface area contributed by atoms with Crippen LogP contribution < -0.4 is 0 Å². The number of rotatable bonds is 4. The number of Topliss-reactive ketones (excluding diaryl/α,β-unsaturated/α-hetero) is 1. The Kier molecular flexibility index (Phi) is 4.97. The molecule has 1 nitrogen and oxygen atoms in total. The first kappa shape index (κ1) is 12.9. The summed E-state index contributed by atoms with van der Waals surface area (Å²) >= 11 is 13.5. The predicted molar refractivity (Wildman–Crippen MR) is 67.1 cm³/mol. The highest BCUT2D eigenvalue weighted by Gasteiger charge is 2.17. The lowest BCUT2D eigenvalue weighted by atomic mass is 10.0. The molecule has 82 valence electrons. The van der Waals surface area contributed by atoms with E-state index in [0.717, 1.165) is 16.0 Å². The number of hydrogen-bond donors (Lipinski definition) is 0. The minimum Gasteiger partial charge on any atom is -0.298 e. The van der Waals surface area contributed by atoms with Gasteiger partial charge in [0, 0.05) is 10.8 Å². The summed E-state index contributed by atoms with van der Waals surface area (Å²) in [6.45, 7) is 1.49. The molecule has 0 N–H and O–H groups in total. The van der Waals surface area contributed by atoms with Crippen molar-refractivity contribution in [2.24, 2.45) is 0 Å². The fourth-order valence-corrected chi connectivity index (χ4v) is 2.17. The highest BCUT2D eigenvalue weighted by atomic mass is 35.5. The van der Waals surface area contributed by atoms with Crippen molar-refractivity contribution >= 4 is 40.7 Å². The third-order valence-corrected chi connectivity index (χ3v) is 3.68. The number of carbonyl (C=O) groups excluding carboxylic acids is 1. The average molecular weight is 263 g/mol. The van der Waals surface area contributed by atoms with E-state index in [2.05, 4.69) is 0 Å². The number of hydrogen-bond acceptors (Lipinski definition) is 2. The van der Waals surface area contributed by atoms with Crippen molar-refractivity contribution in [3.8, 4) is 0 Å². The van der Waals surface area contributed by atoms with Gasteiger partial charge in [-0.05, 0) is 36.4 Å². The summed E-state index contributed by atoms with van der Waals surface area (Å²) in [5, 5.41) is -0.592. The van der Waals surface area contributed by atoms with Crippen molar-refractivity contribution in [3.63, 3.8) is 0 Å². The van der Waals surface area contributed by atoms with E-state index in [4.69, 9.17) is 23.2 Å². The number of halogens is 2. The molecule has 0 fully saturated rings. The Morgan fingerprint density at radius 1 is 1.53 bits per heavy atom. The summed E-state index contributed by atoms with van der Waals surface area (Å²) in [6, 6.07) is 5.84. The number of benzene rings is 1. The Hall–Kier alpha value is -0.180. The second-order valence-corrected chi connectivity index (χ2v) is 4.75. The third-order valence-electron chi connectivity index (χ3n) is 2.13. The number of ketones is 1. The van der Waals surface area contributed by atoms with E-state index >= 15 is 0 Å². The Balaban J connectivity index is 3.16. The molecule has 1 atom stereocenters. The number of thioether (sulfide) groups is 1. The van der Waals surface area contributed by atoms with Crippen LogP contribution in [0.3, 0.4) is 0 Å². The zero-order valence-corrected chi connectivity index (χ0v) is 10.9. The molecule has 1 aromatic carbocycles. The molecule has 15 heavy (non-hydrogen) atoms. The van der Waals surface area contributed by atoms with Crippen LogP contribution in [-0.4, -0.2) is 12.0 Å². The smallest absolute Gasteiger partial charge is 0.152 e. The van der Waals surface area contributed by atoms with E-state index in [1.807, 2.05) is 24.5 Å². The third kappa shape index (κ3) is 3.13. The first-order valence-corrected chi connectivity index (χ1v) is 6.67. The van der Waals surface area contributed by atoms with Gasteiger partial charge in [-0.1, -0.05) is 6.07 Å². The van der Waals surface area contributed by atoms with Gasteiger partial charge in [0.05, 0.1) is 0 Å². The molecule has 0 aromatic heterocycles. The fraction of sp³-hybridized carbons (Fsp3) is 0.364. The van der Waals surface area contributed by atoms with Crippen molar-refractivity contribution in [1.82, 2.24) is 0 Å². The van der Waals surface area contributed by atoms with Crippen molar-refractivity contribution in [3.05, 3.63) is 29.3 Å². The lowest BCUT2D eigenvalue weighted by molar-refractivity contribution is -0.116. The van der Waals surface area contributed by atoms with Gasteiger partial charge in [-0.3, -0.25) is 4.79 Å². The quantitative estimate of drug-likeness (QED) is 0.603. The minimum atomic E-state index is -0.592. The SMILES string of the molecule is CSc1ccc(CCl)c(C(Cl)C(C)=O)c1. The molecule has 1 rings (SSSR count). The second-order valence-electron chi connectivity index (χ2n) is 3.17. The first-order chi connectivity index (χ1) is 7.10. The lowest BCUT2D eigenvalue weighted by Gasteiger charge is -2.12. The lowest BCUT2D eigenvalue weighted by Crippen LogP contribution is -2.04. The van der Waals surface area contributed by atoms with Crippen LogP contribution in [0, 0.1) is 0 Å². The van der Waals surface area contributed by atoms with E-state index in [1.54, 1.807) is 11.8 Å². The molecule has 0 amide bonds.